The van der Waals surface area contributed by atoms with Gasteiger partial charge in [-0.25, -0.2) is 18.7 Å². The van der Waals surface area contributed by atoms with E-state index in [9.17, 15) is 18.4 Å². The van der Waals surface area contributed by atoms with E-state index in [1.54, 1.807) is 17.0 Å². The fourth-order valence-electron chi connectivity index (χ4n) is 3.88. The van der Waals surface area contributed by atoms with Crippen molar-refractivity contribution in [1.29, 1.82) is 0 Å². The summed E-state index contributed by atoms with van der Waals surface area (Å²) in [6.07, 6.45) is 1.44. The maximum Gasteiger partial charge on any atom is 0.255 e. The zero-order valence-electron chi connectivity index (χ0n) is 17.4. The standard InChI is InChI=1S/C23H19F2N5O3/c24-14-2-1-3-15(25)20(14)16-10-17(21-18(28-16)12-27-22(21)31)29-19-5-4-13(11-26-19)23(32)30-6-8-33-9-7-30/h1-5,10-11H,6-9,12H2,(H,27,31)(H,26,28,29). The van der Waals surface area contributed by atoms with Crippen LogP contribution in [-0.2, 0) is 11.3 Å². The molecule has 33 heavy (non-hydrogen) atoms. The number of anilines is 2. The largest absolute Gasteiger partial charge is 0.378 e. The molecule has 0 saturated carbocycles. The second kappa shape index (κ2) is 8.55. The Morgan fingerprint density at radius 3 is 2.55 bits per heavy atom. The molecule has 1 aromatic carbocycles. The smallest absolute Gasteiger partial charge is 0.255 e. The zero-order chi connectivity index (χ0) is 22.9. The van der Waals surface area contributed by atoms with Crippen LogP contribution >= 0.6 is 0 Å². The fourth-order valence-corrected chi connectivity index (χ4v) is 3.88. The van der Waals surface area contributed by atoms with Crippen molar-refractivity contribution in [2.75, 3.05) is 31.6 Å². The van der Waals surface area contributed by atoms with Gasteiger partial charge >= 0.3 is 0 Å². The van der Waals surface area contributed by atoms with Crippen molar-refractivity contribution in [2.45, 2.75) is 6.54 Å². The molecule has 2 N–H and O–H groups in total. The molecule has 2 aromatic heterocycles. The van der Waals surface area contributed by atoms with Gasteiger partial charge in [-0.05, 0) is 30.3 Å². The Hall–Kier alpha value is -3.92. The summed E-state index contributed by atoms with van der Waals surface area (Å²) in [5.74, 6) is -1.63. The van der Waals surface area contributed by atoms with Crippen molar-refractivity contribution in [1.82, 2.24) is 20.2 Å². The van der Waals surface area contributed by atoms with Gasteiger partial charge < -0.3 is 20.3 Å². The third kappa shape index (κ3) is 4.00. The van der Waals surface area contributed by atoms with Gasteiger partial charge in [-0.15, -0.1) is 0 Å². The monoisotopic (exact) mass is 451 g/mol. The third-order valence-electron chi connectivity index (χ3n) is 5.53. The predicted molar refractivity (Wildman–Crippen MR) is 115 cm³/mol. The maximum absolute atomic E-state index is 14.4. The number of nitrogens with zero attached hydrogens (tertiary/aromatic N) is 3. The molecule has 2 aliphatic heterocycles. The normalized spacial score (nSPS) is 15.2. The van der Waals surface area contributed by atoms with E-state index in [0.717, 1.165) is 12.1 Å². The van der Waals surface area contributed by atoms with Gasteiger partial charge in [-0.1, -0.05) is 6.07 Å². The predicted octanol–water partition coefficient (Wildman–Crippen LogP) is 2.88. The van der Waals surface area contributed by atoms with Crippen LogP contribution in [0.1, 0.15) is 26.4 Å². The summed E-state index contributed by atoms with van der Waals surface area (Å²) in [5.41, 5.74) is 1.18. The molecule has 0 bridgehead atoms. The van der Waals surface area contributed by atoms with Crippen molar-refractivity contribution >= 4 is 23.3 Å². The first-order valence-electron chi connectivity index (χ1n) is 10.4. The third-order valence-corrected chi connectivity index (χ3v) is 5.53. The number of ether oxygens (including phenoxy) is 1. The quantitative estimate of drug-likeness (QED) is 0.633. The van der Waals surface area contributed by atoms with E-state index in [0.29, 0.717) is 49.1 Å². The van der Waals surface area contributed by atoms with Crippen molar-refractivity contribution < 1.29 is 23.1 Å². The summed E-state index contributed by atoms with van der Waals surface area (Å²) in [5, 5.41) is 5.70. The molecule has 8 nitrogen and oxygen atoms in total. The summed E-state index contributed by atoms with van der Waals surface area (Å²) >= 11 is 0. The lowest BCUT2D eigenvalue weighted by molar-refractivity contribution is 0.0302. The number of rotatable bonds is 4. The molecular weight excluding hydrogens is 432 g/mol. The molecule has 0 aliphatic carbocycles. The van der Waals surface area contributed by atoms with Crippen LogP contribution in [0.4, 0.5) is 20.3 Å². The number of halogens is 2. The van der Waals surface area contributed by atoms with Crippen molar-refractivity contribution in [3.05, 3.63) is 71.1 Å². The molecule has 0 atom stereocenters. The van der Waals surface area contributed by atoms with Crippen LogP contribution in [-0.4, -0.2) is 53.0 Å². The summed E-state index contributed by atoms with van der Waals surface area (Å²) < 4.78 is 34.0. The van der Waals surface area contributed by atoms with Crippen LogP contribution in [0, 0.1) is 11.6 Å². The SMILES string of the molecule is O=C1NCc2nc(-c3c(F)cccc3F)cc(Nc3ccc(C(=O)N4CCOCC4)cn3)c21. The molecule has 3 aromatic rings. The average molecular weight is 451 g/mol. The first kappa shape index (κ1) is 21.0. The Morgan fingerprint density at radius 2 is 1.85 bits per heavy atom. The van der Waals surface area contributed by atoms with Gasteiger partial charge in [0.05, 0.1) is 53.5 Å². The first-order valence-corrected chi connectivity index (χ1v) is 10.4. The van der Waals surface area contributed by atoms with Crippen LogP contribution in [0.25, 0.3) is 11.3 Å². The van der Waals surface area contributed by atoms with Gasteiger partial charge in [0.25, 0.3) is 11.8 Å². The lowest BCUT2D eigenvalue weighted by Gasteiger charge is -2.26. The highest BCUT2D eigenvalue weighted by atomic mass is 19.1. The lowest BCUT2D eigenvalue weighted by Crippen LogP contribution is -2.40. The molecule has 0 unspecified atom stereocenters. The number of benzene rings is 1. The summed E-state index contributed by atoms with van der Waals surface area (Å²) in [6, 6.07) is 8.23. The van der Waals surface area contributed by atoms with Crippen molar-refractivity contribution in [3.63, 3.8) is 0 Å². The van der Waals surface area contributed by atoms with E-state index in [4.69, 9.17) is 4.74 Å². The zero-order valence-corrected chi connectivity index (χ0v) is 17.4. The molecule has 0 radical (unpaired) electrons. The van der Waals surface area contributed by atoms with Gasteiger partial charge in [0.2, 0.25) is 0 Å². The van der Waals surface area contributed by atoms with E-state index in [-0.39, 0.29) is 35.2 Å². The number of fused-ring (bicyclic) bond motifs is 1. The van der Waals surface area contributed by atoms with Crippen LogP contribution in [0.5, 0.6) is 0 Å². The summed E-state index contributed by atoms with van der Waals surface area (Å²) in [4.78, 5) is 35.3. The van der Waals surface area contributed by atoms with Crippen molar-refractivity contribution in [3.8, 4) is 11.3 Å². The van der Waals surface area contributed by atoms with Gasteiger partial charge in [0, 0.05) is 19.3 Å². The number of amides is 2. The Morgan fingerprint density at radius 1 is 1.09 bits per heavy atom. The molecule has 2 aliphatic rings. The Balaban J connectivity index is 1.46. The fraction of sp³-hybridized carbons (Fsp3) is 0.217. The molecule has 4 heterocycles. The Labute approximate surface area is 187 Å². The lowest BCUT2D eigenvalue weighted by atomic mass is 10.1. The van der Waals surface area contributed by atoms with E-state index < -0.39 is 11.6 Å². The van der Waals surface area contributed by atoms with Gasteiger partial charge in [-0.3, -0.25) is 9.59 Å². The number of aromatic nitrogens is 2. The first-order chi connectivity index (χ1) is 16.0. The minimum atomic E-state index is -0.755. The number of hydrogen-bond acceptors (Lipinski definition) is 6. The minimum Gasteiger partial charge on any atom is -0.378 e. The second-order valence-corrected chi connectivity index (χ2v) is 7.62. The minimum absolute atomic E-state index is 0.0578. The summed E-state index contributed by atoms with van der Waals surface area (Å²) in [6.45, 7) is 2.18. The molecule has 1 saturated heterocycles. The molecule has 2 amide bonds. The number of carbonyl (C=O) groups excluding carboxylic acids is 2. The van der Waals surface area contributed by atoms with Crippen LogP contribution < -0.4 is 10.6 Å². The van der Waals surface area contributed by atoms with Crippen molar-refractivity contribution in [2.24, 2.45) is 0 Å². The number of morpholine rings is 1. The molecule has 0 spiro atoms. The highest BCUT2D eigenvalue weighted by Gasteiger charge is 2.27. The molecule has 168 valence electrons. The molecule has 1 fully saturated rings. The van der Waals surface area contributed by atoms with E-state index in [1.165, 1.54) is 18.3 Å². The van der Waals surface area contributed by atoms with E-state index in [2.05, 4.69) is 20.6 Å². The molecule has 10 heteroatoms. The summed E-state index contributed by atoms with van der Waals surface area (Å²) in [7, 11) is 0. The average Bonchev–Trinajstić information content (AvgIpc) is 3.20. The number of hydrogen-bond donors (Lipinski definition) is 2. The van der Waals surface area contributed by atoms with E-state index >= 15 is 0 Å². The van der Waals surface area contributed by atoms with Crippen LogP contribution in [0.3, 0.4) is 0 Å². The van der Waals surface area contributed by atoms with Gasteiger partial charge in [0.1, 0.15) is 17.5 Å². The topological polar surface area (TPSA) is 96.5 Å². The van der Waals surface area contributed by atoms with Crippen LogP contribution in [0.15, 0.2) is 42.6 Å². The number of nitrogens with one attached hydrogen (secondary N) is 2. The molecular formula is C23H19F2N5O3. The Kier molecular flexibility index (Phi) is 5.43. The number of pyridine rings is 2. The molecule has 5 rings (SSSR count). The highest BCUT2D eigenvalue weighted by molar-refractivity contribution is 6.04. The second-order valence-electron chi connectivity index (χ2n) is 7.62. The van der Waals surface area contributed by atoms with Gasteiger partial charge in [-0.2, -0.15) is 0 Å². The Bertz CT molecular complexity index is 1220. The van der Waals surface area contributed by atoms with Crippen LogP contribution in [0.2, 0.25) is 0 Å². The van der Waals surface area contributed by atoms with Gasteiger partial charge in [0.15, 0.2) is 0 Å². The number of carbonyl (C=O) groups is 2. The van der Waals surface area contributed by atoms with E-state index in [1.807, 2.05) is 0 Å². The maximum atomic E-state index is 14.4. The highest BCUT2D eigenvalue weighted by Crippen LogP contribution is 2.33.